The quantitative estimate of drug-likeness (QED) is 0.328. The third kappa shape index (κ3) is 7.50. The topological polar surface area (TPSA) is 106 Å². The molecule has 1 aromatic carbocycles. The van der Waals surface area contributed by atoms with Crippen molar-refractivity contribution in [1.82, 2.24) is 15.1 Å². The molecule has 0 aliphatic carbocycles. The summed E-state index contributed by atoms with van der Waals surface area (Å²) in [4.78, 5) is 30.0. The largest absolute Gasteiger partial charge is 0.493 e. The van der Waals surface area contributed by atoms with Crippen molar-refractivity contribution < 1.29 is 23.8 Å². The van der Waals surface area contributed by atoms with Crippen LogP contribution in [0.5, 0.6) is 5.75 Å². The molecule has 9 nitrogen and oxygen atoms in total. The maximum absolute atomic E-state index is 12.8. The maximum Gasteiger partial charge on any atom is 0.306 e. The molecule has 0 aromatic heterocycles. The predicted octanol–water partition coefficient (Wildman–Crippen LogP) is 2.95. The summed E-state index contributed by atoms with van der Waals surface area (Å²) in [5.41, 5.74) is 6.59. The van der Waals surface area contributed by atoms with Crippen molar-refractivity contribution in [2.75, 3.05) is 58.2 Å². The lowest BCUT2D eigenvalue weighted by atomic mass is 9.86. The molecule has 0 saturated carbocycles. The molecule has 4 aliphatic rings. The Morgan fingerprint density at radius 2 is 2.03 bits per heavy atom. The van der Waals surface area contributed by atoms with E-state index < -0.39 is 0 Å². The number of nitrogen functional groups attached to an aromatic ring is 1. The number of hydrogen-bond acceptors (Lipinski definition) is 8. The number of esters is 1. The zero-order chi connectivity index (χ0) is 26.4. The summed E-state index contributed by atoms with van der Waals surface area (Å²) in [6.07, 6.45) is 4.43. The number of rotatable bonds is 11. The van der Waals surface area contributed by atoms with E-state index in [-0.39, 0.29) is 24.1 Å². The Balaban J connectivity index is 1.18. The van der Waals surface area contributed by atoms with Crippen molar-refractivity contribution in [1.29, 1.82) is 0 Å². The number of piperidine rings is 3. The number of nitrogens with one attached hydrogen (secondary N) is 1. The van der Waals surface area contributed by atoms with Gasteiger partial charge < -0.3 is 25.3 Å². The average molecular weight is 537 g/mol. The number of morpholine rings is 1. The van der Waals surface area contributed by atoms with Gasteiger partial charge >= 0.3 is 5.97 Å². The lowest BCUT2D eigenvalue weighted by Gasteiger charge is -2.43. The van der Waals surface area contributed by atoms with Gasteiger partial charge in [-0.15, -0.1) is 0 Å². The molecule has 5 rings (SSSR count). The molecule has 4 fully saturated rings. The molecule has 4 aliphatic heterocycles. The zero-order valence-electron chi connectivity index (χ0n) is 22.0. The third-order valence-electron chi connectivity index (χ3n) is 7.81. The number of hydrogen-bond donors (Lipinski definition) is 2. The van der Waals surface area contributed by atoms with Crippen LogP contribution in [0.4, 0.5) is 5.69 Å². The molecule has 3 atom stereocenters. The van der Waals surface area contributed by atoms with E-state index in [1.165, 1.54) is 6.07 Å². The van der Waals surface area contributed by atoms with Crippen LogP contribution in [0.1, 0.15) is 56.3 Å². The standard InChI is InChI=1S/C27H41ClN4O5/c1-3-35-24-14-23(29)22(28)13-21(24)27(34)30-15-20-16-32(11-12-36-20)18(2)5-4-6-26(33)37-25-17-31-9-7-19(25)8-10-31/h13-14,18-20,25H,3-12,15-17,29H2,1-2H3,(H,30,34)/t18?,20-,25+/m1/s1. The van der Waals surface area contributed by atoms with Gasteiger partial charge in [0, 0.05) is 44.7 Å². The van der Waals surface area contributed by atoms with E-state index in [4.69, 9.17) is 31.5 Å². The highest BCUT2D eigenvalue weighted by Crippen LogP contribution is 2.30. The first-order valence-electron chi connectivity index (χ1n) is 13.6. The summed E-state index contributed by atoms with van der Waals surface area (Å²) in [6.45, 7) is 10.2. The van der Waals surface area contributed by atoms with Crippen LogP contribution >= 0.6 is 11.6 Å². The van der Waals surface area contributed by atoms with Crippen LogP contribution in [0, 0.1) is 5.92 Å². The van der Waals surface area contributed by atoms with Crippen LogP contribution in [-0.4, -0.2) is 92.4 Å². The summed E-state index contributed by atoms with van der Waals surface area (Å²) in [7, 11) is 0. The highest BCUT2D eigenvalue weighted by Gasteiger charge is 2.36. The fraction of sp³-hybridized carbons (Fsp3) is 0.704. The monoisotopic (exact) mass is 536 g/mol. The second-order valence-electron chi connectivity index (χ2n) is 10.4. The molecule has 3 N–H and O–H groups in total. The van der Waals surface area contributed by atoms with Crippen molar-refractivity contribution in [3.8, 4) is 5.75 Å². The molecule has 1 aromatic rings. The molecule has 206 valence electrons. The molecule has 1 unspecified atom stereocenters. The molecule has 0 radical (unpaired) electrons. The van der Waals surface area contributed by atoms with Gasteiger partial charge in [0.1, 0.15) is 11.9 Å². The van der Waals surface area contributed by atoms with Gasteiger partial charge in [-0.2, -0.15) is 0 Å². The van der Waals surface area contributed by atoms with E-state index in [9.17, 15) is 9.59 Å². The van der Waals surface area contributed by atoms with Gasteiger partial charge in [-0.25, -0.2) is 0 Å². The zero-order valence-corrected chi connectivity index (χ0v) is 22.8. The number of nitrogens with two attached hydrogens (primary N) is 1. The van der Waals surface area contributed by atoms with Crippen molar-refractivity contribution >= 4 is 29.2 Å². The minimum absolute atomic E-state index is 0.0669. The maximum atomic E-state index is 12.8. The number of carbonyl (C=O) groups excluding carboxylic acids is 2. The van der Waals surface area contributed by atoms with E-state index in [2.05, 4.69) is 22.0 Å². The Bertz CT molecular complexity index is 940. The van der Waals surface area contributed by atoms with Gasteiger partial charge in [0.15, 0.2) is 0 Å². The minimum atomic E-state index is -0.277. The Kier molecular flexibility index (Phi) is 9.92. The van der Waals surface area contributed by atoms with Gasteiger partial charge in [-0.1, -0.05) is 11.6 Å². The van der Waals surface area contributed by atoms with Crippen LogP contribution < -0.4 is 15.8 Å². The normalized spacial score (nSPS) is 26.5. The molecular formula is C27H41ClN4O5. The van der Waals surface area contributed by atoms with E-state index in [1.54, 1.807) is 6.07 Å². The number of fused-ring (bicyclic) bond motifs is 3. The molecule has 1 amide bonds. The van der Waals surface area contributed by atoms with Gasteiger partial charge in [0.25, 0.3) is 5.91 Å². The summed E-state index contributed by atoms with van der Waals surface area (Å²) in [5, 5.41) is 3.26. The lowest BCUT2D eigenvalue weighted by molar-refractivity contribution is -0.159. The first-order valence-corrected chi connectivity index (χ1v) is 14.0. The number of ether oxygens (including phenoxy) is 3. The first-order chi connectivity index (χ1) is 17.8. The van der Waals surface area contributed by atoms with Crippen molar-refractivity contribution in [3.05, 3.63) is 22.7 Å². The van der Waals surface area contributed by atoms with E-state index >= 15 is 0 Å². The first kappa shape index (κ1) is 28.0. The van der Waals surface area contributed by atoms with Crippen LogP contribution in [0.15, 0.2) is 12.1 Å². The van der Waals surface area contributed by atoms with Gasteiger partial charge in [0.05, 0.1) is 35.6 Å². The molecule has 2 bridgehead atoms. The summed E-state index contributed by atoms with van der Waals surface area (Å²) in [5.74, 6) is 0.610. The minimum Gasteiger partial charge on any atom is -0.493 e. The molecule has 4 saturated heterocycles. The predicted molar refractivity (Wildman–Crippen MR) is 143 cm³/mol. The van der Waals surface area contributed by atoms with Gasteiger partial charge in [-0.3, -0.25) is 19.4 Å². The molecule has 0 spiro atoms. The second-order valence-corrected chi connectivity index (χ2v) is 10.8. The van der Waals surface area contributed by atoms with Crippen LogP contribution in [0.2, 0.25) is 5.02 Å². The number of halogens is 1. The third-order valence-corrected chi connectivity index (χ3v) is 8.14. The van der Waals surface area contributed by atoms with E-state index in [0.717, 1.165) is 51.9 Å². The van der Waals surface area contributed by atoms with E-state index in [1.807, 2.05) is 6.92 Å². The van der Waals surface area contributed by atoms with Crippen LogP contribution in [0.25, 0.3) is 0 Å². The number of carbonyl (C=O) groups is 2. The second kappa shape index (κ2) is 13.1. The molecule has 37 heavy (non-hydrogen) atoms. The highest BCUT2D eigenvalue weighted by molar-refractivity contribution is 6.33. The van der Waals surface area contributed by atoms with Gasteiger partial charge in [-0.05, 0) is 64.6 Å². The Morgan fingerprint density at radius 3 is 2.73 bits per heavy atom. The highest BCUT2D eigenvalue weighted by atomic mass is 35.5. The molecule has 4 heterocycles. The van der Waals surface area contributed by atoms with Crippen molar-refractivity contribution in [3.63, 3.8) is 0 Å². The molecular weight excluding hydrogens is 496 g/mol. The van der Waals surface area contributed by atoms with Crippen LogP contribution in [-0.2, 0) is 14.3 Å². The fourth-order valence-electron chi connectivity index (χ4n) is 5.59. The Labute approximate surface area is 224 Å². The number of anilines is 1. The van der Waals surface area contributed by atoms with Crippen molar-refractivity contribution in [2.45, 2.75) is 64.2 Å². The number of benzene rings is 1. The Hall–Kier alpha value is -2.07. The van der Waals surface area contributed by atoms with Crippen LogP contribution in [0.3, 0.4) is 0 Å². The SMILES string of the molecule is CCOc1cc(N)c(Cl)cc1C(=O)NC[C@@H]1CN(C(C)CCCC(=O)O[C@H]2CN3CCC2CC3)CCO1. The summed E-state index contributed by atoms with van der Waals surface area (Å²) >= 11 is 6.13. The smallest absolute Gasteiger partial charge is 0.306 e. The molecule has 10 heteroatoms. The average Bonchev–Trinajstić information content (AvgIpc) is 2.90. The fourth-order valence-corrected chi connectivity index (χ4v) is 5.75. The number of amides is 1. The Morgan fingerprint density at radius 1 is 1.24 bits per heavy atom. The summed E-state index contributed by atoms with van der Waals surface area (Å²) < 4.78 is 17.3. The van der Waals surface area contributed by atoms with Crippen molar-refractivity contribution in [2.24, 2.45) is 5.92 Å². The summed E-state index contributed by atoms with van der Waals surface area (Å²) in [6, 6.07) is 3.43. The van der Waals surface area contributed by atoms with E-state index in [0.29, 0.717) is 66.7 Å². The lowest BCUT2D eigenvalue weighted by Crippen LogP contribution is -2.52. The number of nitrogens with zero attached hydrogens (tertiary/aromatic N) is 2. The van der Waals surface area contributed by atoms with Gasteiger partial charge in [0.2, 0.25) is 0 Å².